The van der Waals surface area contributed by atoms with Gasteiger partial charge >= 0.3 is 5.97 Å². The highest BCUT2D eigenvalue weighted by Gasteiger charge is 2.26. The number of anilines is 1. The third-order valence-corrected chi connectivity index (χ3v) is 5.83. The first-order chi connectivity index (χ1) is 12.1. The summed E-state index contributed by atoms with van der Waals surface area (Å²) in [6, 6.07) is 7.74. The Hall–Kier alpha value is -2.11. The predicted molar refractivity (Wildman–Crippen MR) is 102 cm³/mol. The molecule has 2 N–H and O–H groups in total. The van der Waals surface area contributed by atoms with Crippen LogP contribution in [0.5, 0.6) is 0 Å². The van der Waals surface area contributed by atoms with E-state index in [0.717, 1.165) is 46.3 Å². The molecule has 4 nitrogen and oxygen atoms in total. The van der Waals surface area contributed by atoms with Gasteiger partial charge in [-0.1, -0.05) is 23.7 Å². The van der Waals surface area contributed by atoms with Crippen molar-refractivity contribution in [3.05, 3.63) is 45.4 Å². The highest BCUT2D eigenvalue weighted by molar-refractivity contribution is 7.21. The second kappa shape index (κ2) is 6.32. The fourth-order valence-corrected chi connectivity index (χ4v) is 4.57. The number of hydrogen-bond donors (Lipinski definition) is 1. The Morgan fingerprint density at radius 1 is 1.32 bits per heavy atom. The van der Waals surface area contributed by atoms with Crippen LogP contribution in [0.15, 0.2) is 24.3 Å². The van der Waals surface area contributed by atoms with Crippen LogP contribution in [0.2, 0.25) is 5.02 Å². The first-order valence-corrected chi connectivity index (χ1v) is 9.46. The Morgan fingerprint density at radius 3 is 2.80 bits per heavy atom. The topological polar surface area (TPSA) is 65.2 Å². The van der Waals surface area contributed by atoms with Crippen LogP contribution in [0.3, 0.4) is 0 Å². The minimum Gasteiger partial charge on any atom is -0.462 e. The molecular weight excluding hydrogens is 356 g/mol. The van der Waals surface area contributed by atoms with Crippen molar-refractivity contribution in [2.75, 3.05) is 12.3 Å². The average Bonchev–Trinajstić information content (AvgIpc) is 3.19. The van der Waals surface area contributed by atoms with Crippen LogP contribution in [0.4, 0.5) is 5.69 Å². The second-order valence-corrected chi connectivity index (χ2v) is 7.45. The zero-order chi connectivity index (χ0) is 17.6. The predicted octanol–water partition coefficient (Wildman–Crippen LogP) is 4.86. The van der Waals surface area contributed by atoms with Gasteiger partial charge in [0.05, 0.1) is 12.3 Å². The molecule has 0 unspecified atom stereocenters. The number of thiophene rings is 1. The van der Waals surface area contributed by atoms with Crippen molar-refractivity contribution in [3.8, 4) is 11.1 Å². The monoisotopic (exact) mass is 372 g/mol. The van der Waals surface area contributed by atoms with Gasteiger partial charge in [0.15, 0.2) is 0 Å². The summed E-state index contributed by atoms with van der Waals surface area (Å²) in [4.78, 5) is 18.3. The zero-order valence-corrected chi connectivity index (χ0v) is 15.3. The third kappa shape index (κ3) is 2.68. The van der Waals surface area contributed by atoms with E-state index in [-0.39, 0.29) is 5.97 Å². The Labute approximate surface area is 154 Å². The minimum absolute atomic E-state index is 0.320. The number of hydrogen-bond acceptors (Lipinski definition) is 5. The van der Waals surface area contributed by atoms with E-state index in [1.54, 1.807) is 6.92 Å². The van der Waals surface area contributed by atoms with Crippen molar-refractivity contribution in [1.29, 1.82) is 0 Å². The van der Waals surface area contributed by atoms with Crippen LogP contribution in [-0.4, -0.2) is 17.6 Å². The van der Waals surface area contributed by atoms with Gasteiger partial charge in [0.2, 0.25) is 0 Å². The molecule has 0 radical (unpaired) electrons. The van der Waals surface area contributed by atoms with E-state index in [1.807, 2.05) is 24.3 Å². The van der Waals surface area contributed by atoms with Gasteiger partial charge in [0.1, 0.15) is 9.71 Å². The summed E-state index contributed by atoms with van der Waals surface area (Å²) >= 11 is 7.36. The molecule has 4 rings (SSSR count). The number of carbonyl (C=O) groups is 1. The number of ether oxygens (including phenoxy) is 1. The number of nitrogens with zero attached hydrogens (tertiary/aromatic N) is 1. The number of aryl methyl sites for hydroxylation is 1. The first kappa shape index (κ1) is 16.4. The number of nitrogen functional groups attached to an aromatic ring is 1. The summed E-state index contributed by atoms with van der Waals surface area (Å²) in [6.45, 7) is 2.10. The summed E-state index contributed by atoms with van der Waals surface area (Å²) in [5, 5.41) is 1.55. The molecule has 0 amide bonds. The van der Waals surface area contributed by atoms with Crippen molar-refractivity contribution in [2.45, 2.75) is 26.2 Å². The molecule has 0 fully saturated rings. The average molecular weight is 373 g/mol. The van der Waals surface area contributed by atoms with Gasteiger partial charge in [-0.25, -0.2) is 9.78 Å². The van der Waals surface area contributed by atoms with Gasteiger partial charge < -0.3 is 10.5 Å². The van der Waals surface area contributed by atoms with E-state index in [0.29, 0.717) is 22.2 Å². The number of carbonyl (C=O) groups excluding carboxylic acids is 1. The van der Waals surface area contributed by atoms with Gasteiger partial charge in [0, 0.05) is 16.1 Å². The molecule has 6 heteroatoms. The van der Waals surface area contributed by atoms with E-state index in [1.165, 1.54) is 16.9 Å². The number of aromatic nitrogens is 1. The number of rotatable bonds is 3. The quantitative estimate of drug-likeness (QED) is 0.666. The highest BCUT2D eigenvalue weighted by Crippen LogP contribution is 2.44. The lowest BCUT2D eigenvalue weighted by molar-refractivity contribution is 0.0533. The third-order valence-electron chi connectivity index (χ3n) is 4.50. The number of nitrogens with two attached hydrogens (primary N) is 1. The zero-order valence-electron chi connectivity index (χ0n) is 13.8. The largest absolute Gasteiger partial charge is 0.462 e. The van der Waals surface area contributed by atoms with Crippen LogP contribution in [0, 0.1) is 0 Å². The fraction of sp³-hybridized carbons (Fsp3) is 0.263. The number of esters is 1. The second-order valence-electron chi connectivity index (χ2n) is 6.02. The summed E-state index contributed by atoms with van der Waals surface area (Å²) in [5.41, 5.74) is 11.3. The van der Waals surface area contributed by atoms with Crippen LogP contribution in [-0.2, 0) is 17.6 Å². The molecule has 1 aliphatic rings. The maximum atomic E-state index is 12.2. The van der Waals surface area contributed by atoms with E-state index >= 15 is 0 Å². The number of benzene rings is 1. The summed E-state index contributed by atoms with van der Waals surface area (Å²) in [7, 11) is 0. The van der Waals surface area contributed by atoms with E-state index in [2.05, 4.69) is 0 Å². The molecule has 1 aliphatic carbocycles. The molecule has 25 heavy (non-hydrogen) atoms. The van der Waals surface area contributed by atoms with Gasteiger partial charge in [-0.3, -0.25) is 0 Å². The minimum atomic E-state index is -0.384. The summed E-state index contributed by atoms with van der Waals surface area (Å²) in [5.74, 6) is -0.384. The molecule has 0 aliphatic heterocycles. The number of pyridine rings is 1. The van der Waals surface area contributed by atoms with Crippen molar-refractivity contribution in [1.82, 2.24) is 4.98 Å². The van der Waals surface area contributed by atoms with Gasteiger partial charge in [0.25, 0.3) is 0 Å². The molecule has 128 valence electrons. The van der Waals surface area contributed by atoms with Crippen molar-refractivity contribution >= 4 is 44.8 Å². The number of halogens is 1. The number of fused-ring (bicyclic) bond motifs is 2. The Bertz CT molecular complexity index is 979. The van der Waals surface area contributed by atoms with E-state index in [9.17, 15) is 4.79 Å². The Balaban J connectivity index is 2.02. The summed E-state index contributed by atoms with van der Waals surface area (Å²) < 4.78 is 5.15. The molecule has 3 aromatic rings. The molecule has 0 atom stereocenters. The van der Waals surface area contributed by atoms with Gasteiger partial charge in [-0.15, -0.1) is 11.3 Å². The van der Waals surface area contributed by atoms with Crippen LogP contribution >= 0.6 is 22.9 Å². The van der Waals surface area contributed by atoms with E-state index < -0.39 is 0 Å². The first-order valence-electron chi connectivity index (χ1n) is 8.27. The molecule has 0 bridgehead atoms. The SMILES string of the molecule is CCOC(=O)c1sc2nc3c(c(-c4ccc(Cl)cc4)c2c1N)CCC3. The fourth-order valence-electron chi connectivity index (χ4n) is 3.43. The molecule has 2 aromatic heterocycles. The lowest BCUT2D eigenvalue weighted by atomic mass is 9.96. The molecule has 0 spiro atoms. The lowest BCUT2D eigenvalue weighted by Crippen LogP contribution is -2.05. The van der Waals surface area contributed by atoms with Crippen LogP contribution in [0.1, 0.15) is 34.3 Å². The van der Waals surface area contributed by atoms with Crippen molar-refractivity contribution in [2.24, 2.45) is 0 Å². The molecule has 0 saturated carbocycles. The van der Waals surface area contributed by atoms with Crippen LogP contribution in [0.25, 0.3) is 21.3 Å². The maximum absolute atomic E-state index is 12.2. The highest BCUT2D eigenvalue weighted by atomic mass is 35.5. The smallest absolute Gasteiger partial charge is 0.350 e. The molecule has 1 aromatic carbocycles. The van der Waals surface area contributed by atoms with Crippen LogP contribution < -0.4 is 5.73 Å². The van der Waals surface area contributed by atoms with E-state index in [4.69, 9.17) is 27.1 Å². The van der Waals surface area contributed by atoms with Gasteiger partial charge in [-0.05, 0) is 55.0 Å². The molecule has 0 saturated heterocycles. The standard InChI is InChI=1S/C19H17ClN2O2S/c1-2-24-19(23)17-16(21)15-14(10-6-8-11(20)9-7-10)12-4-3-5-13(12)22-18(15)25-17/h6-9H,2-5,21H2,1H3. The Morgan fingerprint density at radius 2 is 2.08 bits per heavy atom. The van der Waals surface area contributed by atoms with Crippen molar-refractivity contribution < 1.29 is 9.53 Å². The molecule has 2 heterocycles. The summed E-state index contributed by atoms with van der Waals surface area (Å²) in [6.07, 6.45) is 3.02. The maximum Gasteiger partial charge on any atom is 0.350 e. The Kier molecular flexibility index (Phi) is 4.13. The van der Waals surface area contributed by atoms with Gasteiger partial charge in [-0.2, -0.15) is 0 Å². The molecular formula is C19H17ClN2O2S. The normalized spacial score (nSPS) is 13.2. The lowest BCUT2D eigenvalue weighted by Gasteiger charge is -2.11. The van der Waals surface area contributed by atoms with Crippen molar-refractivity contribution in [3.63, 3.8) is 0 Å².